The molecule has 6 nitrogen and oxygen atoms in total. The van der Waals surface area contributed by atoms with Crippen molar-refractivity contribution in [2.75, 3.05) is 6.61 Å². The third kappa shape index (κ3) is 3.93. The Morgan fingerprint density at radius 3 is 2.87 bits per heavy atom. The van der Waals surface area contributed by atoms with E-state index in [1.807, 2.05) is 18.2 Å². The molecule has 3 aliphatic carbocycles. The number of carbonyl (C=O) groups is 1. The Morgan fingerprint density at radius 1 is 1.13 bits per heavy atom. The van der Waals surface area contributed by atoms with E-state index in [1.165, 1.54) is 17.5 Å². The Labute approximate surface area is 224 Å². The number of benzene rings is 2. The minimum Gasteiger partial charge on any atom is -0.464 e. The van der Waals surface area contributed by atoms with Crippen molar-refractivity contribution in [3.8, 4) is 0 Å². The highest BCUT2D eigenvalue weighted by Gasteiger charge is 2.68. The van der Waals surface area contributed by atoms with Crippen molar-refractivity contribution in [1.29, 1.82) is 0 Å². The fraction of sp³-hybridized carbons (Fsp3) is 0.516. The molecular formula is C31H36BNO5. The van der Waals surface area contributed by atoms with Gasteiger partial charge in [0.2, 0.25) is 5.91 Å². The Morgan fingerprint density at radius 2 is 2.00 bits per heavy atom. The summed E-state index contributed by atoms with van der Waals surface area (Å²) in [5, 5.41) is 4.37. The molecule has 1 aromatic heterocycles. The van der Waals surface area contributed by atoms with Crippen LogP contribution in [0.2, 0.25) is 0 Å². The summed E-state index contributed by atoms with van der Waals surface area (Å²) in [7, 11) is -0.505. The Balaban J connectivity index is 1.13. The third-order valence-electron chi connectivity index (χ3n) is 10.1. The lowest BCUT2D eigenvalue weighted by molar-refractivity contribution is -0.199. The molecule has 7 heteroatoms. The third-order valence-corrected chi connectivity index (χ3v) is 10.1. The number of furan rings is 1. The van der Waals surface area contributed by atoms with E-state index >= 15 is 0 Å². The zero-order chi connectivity index (χ0) is 26.1. The fourth-order valence-corrected chi connectivity index (χ4v) is 7.69. The predicted molar refractivity (Wildman–Crippen MR) is 145 cm³/mol. The van der Waals surface area contributed by atoms with E-state index in [2.05, 4.69) is 50.4 Å². The lowest BCUT2D eigenvalue weighted by Crippen LogP contribution is -2.65. The van der Waals surface area contributed by atoms with Crippen LogP contribution in [-0.2, 0) is 44.7 Å². The number of rotatable bonds is 6. The van der Waals surface area contributed by atoms with Crippen molar-refractivity contribution in [2.45, 2.75) is 77.1 Å². The van der Waals surface area contributed by atoms with Crippen LogP contribution in [0.25, 0.3) is 11.0 Å². The van der Waals surface area contributed by atoms with Crippen LogP contribution in [0.1, 0.15) is 55.9 Å². The molecule has 1 N–H and O–H groups in total. The van der Waals surface area contributed by atoms with Gasteiger partial charge in [-0.05, 0) is 78.2 Å². The van der Waals surface area contributed by atoms with Gasteiger partial charge in [-0.2, -0.15) is 0 Å². The van der Waals surface area contributed by atoms with E-state index in [0.717, 1.165) is 41.5 Å². The quantitative estimate of drug-likeness (QED) is 0.468. The van der Waals surface area contributed by atoms with Crippen molar-refractivity contribution in [3.63, 3.8) is 0 Å². The van der Waals surface area contributed by atoms with Gasteiger partial charge in [-0.15, -0.1) is 0 Å². The van der Waals surface area contributed by atoms with Gasteiger partial charge in [0, 0.05) is 5.39 Å². The van der Waals surface area contributed by atoms with Crippen molar-refractivity contribution in [3.05, 3.63) is 71.0 Å². The molecule has 0 unspecified atom stereocenters. The molecular weight excluding hydrogens is 477 g/mol. The number of ether oxygens (including phenoxy) is 1. The molecule has 3 saturated carbocycles. The molecule has 2 aliphatic heterocycles. The molecule has 8 rings (SSSR count). The first-order valence-electron chi connectivity index (χ1n) is 14.1. The molecule has 5 atom stereocenters. The molecule has 1 amide bonds. The average Bonchev–Trinajstić information content (AvgIpc) is 3.48. The van der Waals surface area contributed by atoms with E-state index in [-0.39, 0.29) is 29.0 Å². The lowest BCUT2D eigenvalue weighted by atomic mass is 9.43. The summed E-state index contributed by atoms with van der Waals surface area (Å²) < 4.78 is 24.9. The number of hydrogen-bond donors (Lipinski definition) is 1. The van der Waals surface area contributed by atoms with Gasteiger partial charge < -0.3 is 23.8 Å². The van der Waals surface area contributed by atoms with Crippen LogP contribution in [0.15, 0.2) is 53.1 Å². The van der Waals surface area contributed by atoms with E-state index in [1.54, 1.807) is 6.26 Å². The average molecular weight is 513 g/mol. The van der Waals surface area contributed by atoms with Gasteiger partial charge in [0.25, 0.3) is 0 Å². The molecule has 4 fully saturated rings. The summed E-state index contributed by atoms with van der Waals surface area (Å²) in [5.41, 5.74) is 5.32. The topological polar surface area (TPSA) is 69.9 Å². The number of hydrogen-bond acceptors (Lipinski definition) is 5. The van der Waals surface area contributed by atoms with Crippen LogP contribution in [0, 0.1) is 17.3 Å². The molecule has 1 saturated heterocycles. The maximum absolute atomic E-state index is 13.4. The summed E-state index contributed by atoms with van der Waals surface area (Å²) in [4.78, 5) is 13.4. The number of fused-ring (bicyclic) bond motifs is 2. The van der Waals surface area contributed by atoms with Gasteiger partial charge in [0.05, 0.1) is 43.5 Å². The predicted octanol–water partition coefficient (Wildman–Crippen LogP) is 5.04. The molecule has 5 aliphatic rings. The first-order valence-corrected chi connectivity index (χ1v) is 14.1. The van der Waals surface area contributed by atoms with Crippen LogP contribution >= 0.6 is 0 Å². The van der Waals surface area contributed by atoms with Crippen molar-refractivity contribution >= 4 is 24.0 Å². The van der Waals surface area contributed by atoms with E-state index in [9.17, 15) is 4.79 Å². The fourth-order valence-electron chi connectivity index (χ4n) is 7.69. The van der Waals surface area contributed by atoms with E-state index in [4.69, 9.17) is 18.5 Å². The normalized spacial score (nSPS) is 29.9. The zero-order valence-corrected chi connectivity index (χ0v) is 22.5. The first-order chi connectivity index (χ1) is 18.3. The van der Waals surface area contributed by atoms with Crippen LogP contribution in [0.4, 0.5) is 0 Å². The monoisotopic (exact) mass is 513 g/mol. The largest absolute Gasteiger partial charge is 0.482 e. The van der Waals surface area contributed by atoms with E-state index < -0.39 is 7.12 Å². The molecule has 0 spiro atoms. The van der Waals surface area contributed by atoms with Crippen LogP contribution in [0.3, 0.4) is 0 Å². The Bertz CT molecular complexity index is 1380. The number of carbonyl (C=O) groups excluding carboxylic acids is 1. The molecule has 2 aromatic carbocycles. The smallest absolute Gasteiger partial charge is 0.464 e. The van der Waals surface area contributed by atoms with Gasteiger partial charge in [0.1, 0.15) is 5.58 Å². The summed E-state index contributed by atoms with van der Waals surface area (Å²) in [6.45, 7) is 8.33. The first kappa shape index (κ1) is 24.4. The minimum absolute atomic E-state index is 0.0312. The van der Waals surface area contributed by atoms with Gasteiger partial charge in [-0.1, -0.05) is 50.2 Å². The summed E-state index contributed by atoms with van der Waals surface area (Å²) >= 11 is 0. The number of amides is 1. The van der Waals surface area contributed by atoms with Gasteiger partial charge in [-0.25, -0.2) is 0 Å². The summed E-state index contributed by atoms with van der Waals surface area (Å²) in [6.07, 6.45) is 5.89. The number of para-hydroxylation sites is 1. The highest BCUT2D eigenvalue weighted by atomic mass is 16.7. The highest BCUT2D eigenvalue weighted by Crippen LogP contribution is 2.65. The highest BCUT2D eigenvalue weighted by molar-refractivity contribution is 6.48. The van der Waals surface area contributed by atoms with Crippen LogP contribution < -0.4 is 5.32 Å². The maximum Gasteiger partial charge on any atom is 0.482 e. The maximum atomic E-state index is 13.4. The lowest BCUT2D eigenvalue weighted by Gasteiger charge is -2.64. The van der Waals surface area contributed by atoms with Crippen LogP contribution in [-0.4, -0.2) is 37.3 Å². The van der Waals surface area contributed by atoms with Crippen molar-refractivity contribution in [1.82, 2.24) is 5.32 Å². The second-order valence-corrected chi connectivity index (χ2v) is 12.6. The van der Waals surface area contributed by atoms with E-state index in [0.29, 0.717) is 31.3 Å². The van der Waals surface area contributed by atoms with Crippen LogP contribution in [0.5, 0.6) is 0 Å². The Kier molecular flexibility index (Phi) is 5.77. The summed E-state index contributed by atoms with van der Waals surface area (Å²) in [5.74, 6) is 0.780. The molecule has 3 aromatic rings. The SMILES string of the molecule is CC1(C)[C@@H]2C[C@H]3OB([C@H](Cc4coc5ccccc45)NC(=O)Cc4ccc5c(c4)COCC5)O[C@@]3(C)[C@H]1C2. The van der Waals surface area contributed by atoms with Gasteiger partial charge >= 0.3 is 7.12 Å². The second kappa shape index (κ2) is 8.97. The number of nitrogens with one attached hydrogen (secondary N) is 1. The van der Waals surface area contributed by atoms with Crippen molar-refractivity contribution < 1.29 is 23.3 Å². The van der Waals surface area contributed by atoms with Gasteiger partial charge in [-0.3, -0.25) is 4.79 Å². The summed E-state index contributed by atoms with van der Waals surface area (Å²) in [6, 6.07) is 14.3. The minimum atomic E-state index is -0.505. The molecule has 38 heavy (non-hydrogen) atoms. The second-order valence-electron chi connectivity index (χ2n) is 12.6. The van der Waals surface area contributed by atoms with Gasteiger partial charge in [0.15, 0.2) is 0 Å². The molecule has 2 bridgehead atoms. The standard InChI is InChI=1S/C31H36BNO5/c1-30(2)23-15-26(30)31(3)27(16-23)37-32(38-31)28(14-22-18-36-25-7-5-4-6-24(22)25)33-29(34)13-19-8-9-20-10-11-35-17-21(20)12-19/h4-9,12,18,23,26-28H,10-11,13-17H2,1-3H3,(H,33,34)/t23-,26-,27+,28-,31-/m0/s1. The molecule has 198 valence electrons. The Hall–Kier alpha value is -2.61. The molecule has 0 radical (unpaired) electrons. The zero-order valence-electron chi connectivity index (χ0n) is 22.5. The molecule has 3 heterocycles. The van der Waals surface area contributed by atoms with Crippen molar-refractivity contribution in [2.24, 2.45) is 17.3 Å².